The van der Waals surface area contributed by atoms with Crippen molar-refractivity contribution >= 4 is 17.5 Å². The Labute approximate surface area is 158 Å². The fourth-order valence-corrected chi connectivity index (χ4v) is 2.80. The van der Waals surface area contributed by atoms with Gasteiger partial charge in [-0.1, -0.05) is 29.8 Å². The van der Waals surface area contributed by atoms with Crippen molar-refractivity contribution in [2.75, 3.05) is 25.1 Å². The monoisotopic (exact) mass is 368 g/mol. The molecule has 0 saturated heterocycles. The Bertz CT molecular complexity index is 802. The lowest BCUT2D eigenvalue weighted by molar-refractivity contribution is -0.124. The number of carbonyl (C=O) groups excluding carboxylic acids is 2. The molecule has 0 bridgehead atoms. The Morgan fingerprint density at radius 1 is 0.963 bits per heavy atom. The molecule has 3 rings (SSSR count). The molecule has 2 N–H and O–H groups in total. The smallest absolute Gasteiger partial charge is 0.243 e. The van der Waals surface area contributed by atoms with Gasteiger partial charge in [-0.2, -0.15) is 0 Å². The van der Waals surface area contributed by atoms with E-state index in [4.69, 9.17) is 9.47 Å². The molecule has 0 spiro atoms. The third kappa shape index (κ3) is 5.74. The summed E-state index contributed by atoms with van der Waals surface area (Å²) in [6, 6.07) is 13.5. The Kier molecular flexibility index (Phi) is 6.30. The number of benzene rings is 2. The van der Waals surface area contributed by atoms with Crippen molar-refractivity contribution in [3.8, 4) is 11.5 Å². The van der Waals surface area contributed by atoms with Gasteiger partial charge in [-0.25, -0.2) is 0 Å². The summed E-state index contributed by atoms with van der Waals surface area (Å²) in [5.74, 6) is 0.873. The lowest BCUT2D eigenvalue weighted by Crippen LogP contribution is -2.32. The Morgan fingerprint density at radius 3 is 2.48 bits per heavy atom. The lowest BCUT2D eigenvalue weighted by Gasteiger charge is -2.19. The molecule has 27 heavy (non-hydrogen) atoms. The molecule has 0 unspecified atom stereocenters. The number of hydrogen-bond donors (Lipinski definition) is 2. The summed E-state index contributed by atoms with van der Waals surface area (Å²) in [6.45, 7) is 3.00. The van der Waals surface area contributed by atoms with Gasteiger partial charge in [0.25, 0.3) is 0 Å². The van der Waals surface area contributed by atoms with Crippen LogP contribution in [0, 0.1) is 6.92 Å². The molecule has 1 heterocycles. The Balaban J connectivity index is 1.37. The first kappa shape index (κ1) is 18.8. The van der Waals surface area contributed by atoms with Crippen LogP contribution < -0.4 is 20.1 Å². The minimum Gasteiger partial charge on any atom is -0.486 e. The van der Waals surface area contributed by atoms with E-state index in [1.54, 1.807) is 18.2 Å². The molecule has 0 aliphatic carbocycles. The average molecular weight is 368 g/mol. The van der Waals surface area contributed by atoms with Crippen LogP contribution in [0.25, 0.3) is 0 Å². The largest absolute Gasteiger partial charge is 0.486 e. The van der Waals surface area contributed by atoms with Crippen LogP contribution in [0.3, 0.4) is 0 Å². The molecule has 1 aliphatic rings. The highest BCUT2D eigenvalue weighted by Gasteiger charge is 2.13. The number of ether oxygens (including phenoxy) is 2. The molecular formula is C21H24N2O4. The third-order valence-electron chi connectivity index (χ3n) is 4.26. The quantitative estimate of drug-likeness (QED) is 0.788. The van der Waals surface area contributed by atoms with Crippen LogP contribution in [0.15, 0.2) is 42.5 Å². The van der Waals surface area contributed by atoms with E-state index < -0.39 is 0 Å². The molecular weight excluding hydrogens is 344 g/mol. The van der Waals surface area contributed by atoms with Crippen LogP contribution in [0.2, 0.25) is 0 Å². The van der Waals surface area contributed by atoms with Crippen LogP contribution in [-0.2, 0) is 16.0 Å². The molecule has 2 aromatic carbocycles. The maximum absolute atomic E-state index is 12.0. The van der Waals surface area contributed by atoms with E-state index >= 15 is 0 Å². The van der Waals surface area contributed by atoms with Gasteiger partial charge in [0.05, 0.1) is 6.54 Å². The minimum absolute atomic E-state index is 0.0577. The Morgan fingerprint density at radius 2 is 1.70 bits per heavy atom. The fraction of sp³-hybridized carbons (Fsp3) is 0.333. The number of rotatable bonds is 7. The molecule has 6 heteroatoms. The second-order valence-corrected chi connectivity index (χ2v) is 6.52. The van der Waals surface area contributed by atoms with Gasteiger partial charge in [-0.05, 0) is 37.5 Å². The molecule has 0 atom stereocenters. The zero-order chi connectivity index (χ0) is 19.1. The summed E-state index contributed by atoms with van der Waals surface area (Å²) in [5, 5.41) is 5.40. The van der Waals surface area contributed by atoms with Gasteiger partial charge in [0, 0.05) is 18.2 Å². The first-order valence-corrected chi connectivity index (χ1v) is 9.12. The van der Waals surface area contributed by atoms with Crippen molar-refractivity contribution in [1.29, 1.82) is 0 Å². The topological polar surface area (TPSA) is 76.7 Å². The molecule has 0 saturated carbocycles. The highest BCUT2D eigenvalue weighted by molar-refractivity contribution is 5.94. The molecule has 142 valence electrons. The summed E-state index contributed by atoms with van der Waals surface area (Å²) in [6.07, 6.45) is 1.99. The minimum atomic E-state index is -0.279. The number of fused-ring (bicyclic) bond motifs is 1. The van der Waals surface area contributed by atoms with Crippen LogP contribution in [-0.4, -0.2) is 31.6 Å². The molecule has 1 aliphatic heterocycles. The number of carbonyl (C=O) groups is 2. The number of hydrogen-bond acceptors (Lipinski definition) is 4. The number of aryl methyl sites for hydroxylation is 2. The maximum atomic E-state index is 12.0. The van der Waals surface area contributed by atoms with E-state index in [2.05, 4.69) is 34.9 Å². The number of anilines is 1. The summed E-state index contributed by atoms with van der Waals surface area (Å²) in [5.41, 5.74) is 3.04. The molecule has 2 amide bonds. The lowest BCUT2D eigenvalue weighted by atomic mass is 10.1. The number of amides is 2. The molecule has 0 fully saturated rings. The van der Waals surface area contributed by atoms with Crippen molar-refractivity contribution in [3.05, 3.63) is 53.6 Å². The van der Waals surface area contributed by atoms with Crippen molar-refractivity contribution in [2.24, 2.45) is 0 Å². The molecule has 6 nitrogen and oxygen atoms in total. The van der Waals surface area contributed by atoms with Gasteiger partial charge in [0.2, 0.25) is 11.8 Å². The van der Waals surface area contributed by atoms with E-state index in [1.165, 1.54) is 11.1 Å². The van der Waals surface area contributed by atoms with E-state index in [0.717, 1.165) is 12.8 Å². The third-order valence-corrected chi connectivity index (χ3v) is 4.26. The van der Waals surface area contributed by atoms with Gasteiger partial charge in [0.15, 0.2) is 11.5 Å². The molecule has 2 aromatic rings. The summed E-state index contributed by atoms with van der Waals surface area (Å²) < 4.78 is 10.9. The van der Waals surface area contributed by atoms with E-state index in [0.29, 0.717) is 36.8 Å². The standard InChI is InChI=1S/C21H24N2O4/c1-15-5-7-16(8-6-15)3-2-4-20(24)22-14-21(25)23-17-9-10-18-19(13-17)27-12-11-26-18/h5-10,13H,2-4,11-12,14H2,1H3,(H,22,24)(H,23,25). The van der Waals surface area contributed by atoms with Gasteiger partial charge in [-0.15, -0.1) is 0 Å². The highest BCUT2D eigenvalue weighted by Crippen LogP contribution is 2.32. The van der Waals surface area contributed by atoms with Gasteiger partial charge in [0.1, 0.15) is 13.2 Å². The van der Waals surface area contributed by atoms with Crippen LogP contribution in [0.5, 0.6) is 11.5 Å². The summed E-state index contributed by atoms with van der Waals surface area (Å²) in [4.78, 5) is 23.9. The number of nitrogens with one attached hydrogen (secondary N) is 2. The van der Waals surface area contributed by atoms with E-state index in [-0.39, 0.29) is 18.4 Å². The maximum Gasteiger partial charge on any atom is 0.243 e. The van der Waals surface area contributed by atoms with Gasteiger partial charge in [-0.3, -0.25) is 9.59 Å². The van der Waals surface area contributed by atoms with Crippen molar-refractivity contribution in [2.45, 2.75) is 26.2 Å². The predicted molar refractivity (Wildman–Crippen MR) is 103 cm³/mol. The average Bonchev–Trinajstić information content (AvgIpc) is 2.68. The van der Waals surface area contributed by atoms with Crippen LogP contribution in [0.1, 0.15) is 24.0 Å². The highest BCUT2D eigenvalue weighted by atomic mass is 16.6. The van der Waals surface area contributed by atoms with Gasteiger partial charge >= 0.3 is 0 Å². The second-order valence-electron chi connectivity index (χ2n) is 6.52. The fourth-order valence-electron chi connectivity index (χ4n) is 2.80. The second kappa shape index (κ2) is 9.07. The van der Waals surface area contributed by atoms with Crippen molar-refractivity contribution in [1.82, 2.24) is 5.32 Å². The normalized spacial score (nSPS) is 12.3. The van der Waals surface area contributed by atoms with E-state index in [1.807, 2.05) is 6.92 Å². The zero-order valence-electron chi connectivity index (χ0n) is 15.4. The zero-order valence-corrected chi connectivity index (χ0v) is 15.4. The summed E-state index contributed by atoms with van der Waals surface area (Å²) >= 11 is 0. The summed E-state index contributed by atoms with van der Waals surface area (Å²) in [7, 11) is 0. The first-order chi connectivity index (χ1) is 13.1. The van der Waals surface area contributed by atoms with Crippen LogP contribution in [0.4, 0.5) is 5.69 Å². The van der Waals surface area contributed by atoms with E-state index in [9.17, 15) is 9.59 Å². The predicted octanol–water partition coefficient (Wildman–Crippen LogP) is 2.84. The van der Waals surface area contributed by atoms with Crippen molar-refractivity contribution < 1.29 is 19.1 Å². The molecule has 0 radical (unpaired) electrons. The van der Waals surface area contributed by atoms with Crippen molar-refractivity contribution in [3.63, 3.8) is 0 Å². The van der Waals surface area contributed by atoms with Crippen LogP contribution >= 0.6 is 0 Å². The molecule has 0 aromatic heterocycles. The Hall–Kier alpha value is -3.02. The van der Waals surface area contributed by atoms with Gasteiger partial charge < -0.3 is 20.1 Å². The SMILES string of the molecule is Cc1ccc(CCCC(=O)NCC(=O)Nc2ccc3c(c2)OCCO3)cc1. The first-order valence-electron chi connectivity index (χ1n) is 9.12.